The molecule has 1 aromatic carbocycles. The summed E-state index contributed by atoms with van der Waals surface area (Å²) in [5, 5.41) is 4.56. The van der Waals surface area contributed by atoms with E-state index in [4.69, 9.17) is 11.6 Å². The van der Waals surface area contributed by atoms with Gasteiger partial charge in [0.25, 0.3) is 0 Å². The lowest BCUT2D eigenvalue weighted by Crippen LogP contribution is -2.43. The highest BCUT2D eigenvalue weighted by molar-refractivity contribution is 6.30. The number of likely N-dealkylation sites (tertiary alicyclic amines) is 1. The Morgan fingerprint density at radius 2 is 2.10 bits per heavy atom. The molecule has 1 saturated heterocycles. The van der Waals surface area contributed by atoms with Gasteiger partial charge in [-0.2, -0.15) is 0 Å². The Labute approximate surface area is 134 Å². The highest BCUT2D eigenvalue weighted by Gasteiger charge is 2.20. The van der Waals surface area contributed by atoms with Gasteiger partial charge in [-0.1, -0.05) is 35.4 Å². The fourth-order valence-electron chi connectivity index (χ4n) is 2.82. The van der Waals surface area contributed by atoms with Gasteiger partial charge in [0.1, 0.15) is 0 Å². The lowest BCUT2D eigenvalue weighted by Gasteiger charge is -2.33. The van der Waals surface area contributed by atoms with Crippen LogP contribution in [-0.2, 0) is 0 Å². The molecule has 0 amide bonds. The first-order valence-corrected chi connectivity index (χ1v) is 8.29. The number of halogens is 1. The van der Waals surface area contributed by atoms with Crippen LogP contribution in [0, 0.1) is 0 Å². The Morgan fingerprint density at radius 1 is 1.38 bits per heavy atom. The fourth-order valence-corrected chi connectivity index (χ4v) is 3.02. The molecule has 1 N–H and O–H groups in total. The summed E-state index contributed by atoms with van der Waals surface area (Å²) in [5.74, 6) is 0. The lowest BCUT2D eigenvalue weighted by atomic mass is 10.0. The van der Waals surface area contributed by atoms with Crippen LogP contribution in [-0.4, -0.2) is 30.6 Å². The van der Waals surface area contributed by atoms with Gasteiger partial charge in [-0.15, -0.1) is 0 Å². The summed E-state index contributed by atoms with van der Waals surface area (Å²) < 4.78 is 0. The SMILES string of the molecule is CC(C)=CCN1CCC(N[C@@H](C)c2cccc(Cl)c2)CC1. The third kappa shape index (κ3) is 5.46. The summed E-state index contributed by atoms with van der Waals surface area (Å²) in [6.45, 7) is 10.0. The van der Waals surface area contributed by atoms with Crippen molar-refractivity contribution < 1.29 is 0 Å². The zero-order chi connectivity index (χ0) is 15.2. The minimum absolute atomic E-state index is 0.359. The maximum absolute atomic E-state index is 6.07. The number of hydrogen-bond donors (Lipinski definition) is 1. The molecule has 1 fully saturated rings. The average molecular weight is 307 g/mol. The van der Waals surface area contributed by atoms with Crippen molar-refractivity contribution in [2.75, 3.05) is 19.6 Å². The maximum atomic E-state index is 6.07. The van der Waals surface area contributed by atoms with Crippen molar-refractivity contribution in [3.05, 3.63) is 46.5 Å². The van der Waals surface area contributed by atoms with Gasteiger partial charge in [0.2, 0.25) is 0 Å². The van der Waals surface area contributed by atoms with Gasteiger partial charge in [-0.25, -0.2) is 0 Å². The standard InChI is InChI=1S/C18H27ClN2/c1-14(2)7-10-21-11-8-18(9-12-21)20-15(3)16-5-4-6-17(19)13-16/h4-7,13,15,18,20H,8-12H2,1-3H3/t15-/m0/s1. The topological polar surface area (TPSA) is 15.3 Å². The molecule has 0 radical (unpaired) electrons. The van der Waals surface area contributed by atoms with E-state index in [1.807, 2.05) is 12.1 Å². The maximum Gasteiger partial charge on any atom is 0.0409 e. The number of nitrogens with one attached hydrogen (secondary N) is 1. The van der Waals surface area contributed by atoms with E-state index in [2.05, 4.69) is 49.2 Å². The molecule has 0 saturated carbocycles. The highest BCUT2D eigenvalue weighted by atomic mass is 35.5. The summed E-state index contributed by atoms with van der Waals surface area (Å²) in [6, 6.07) is 9.13. The van der Waals surface area contributed by atoms with Crippen LogP contribution in [0.5, 0.6) is 0 Å². The molecule has 2 rings (SSSR count). The molecule has 1 heterocycles. The molecule has 2 nitrogen and oxygen atoms in total. The molecule has 21 heavy (non-hydrogen) atoms. The Kier molecular flexibility index (Phi) is 6.28. The summed E-state index contributed by atoms with van der Waals surface area (Å²) in [6.07, 6.45) is 4.77. The van der Waals surface area contributed by atoms with E-state index in [1.54, 1.807) is 0 Å². The van der Waals surface area contributed by atoms with Gasteiger partial charge in [-0.05, 0) is 64.4 Å². The smallest absolute Gasteiger partial charge is 0.0409 e. The van der Waals surface area contributed by atoms with Crippen molar-refractivity contribution >= 4 is 11.6 Å². The molecule has 0 spiro atoms. The van der Waals surface area contributed by atoms with Gasteiger partial charge >= 0.3 is 0 Å². The predicted molar refractivity (Wildman–Crippen MR) is 91.9 cm³/mol. The third-order valence-corrected chi connectivity index (χ3v) is 4.41. The molecular formula is C18H27ClN2. The van der Waals surface area contributed by atoms with Crippen LogP contribution in [0.25, 0.3) is 0 Å². The van der Waals surface area contributed by atoms with E-state index in [1.165, 1.54) is 37.1 Å². The highest BCUT2D eigenvalue weighted by Crippen LogP contribution is 2.20. The van der Waals surface area contributed by atoms with Crippen molar-refractivity contribution in [3.8, 4) is 0 Å². The Morgan fingerprint density at radius 3 is 2.71 bits per heavy atom. The van der Waals surface area contributed by atoms with E-state index in [-0.39, 0.29) is 0 Å². The molecule has 3 heteroatoms. The summed E-state index contributed by atoms with van der Waals surface area (Å²) in [5.41, 5.74) is 2.68. The molecule has 0 aromatic heterocycles. The molecule has 0 unspecified atom stereocenters. The molecular weight excluding hydrogens is 280 g/mol. The van der Waals surface area contributed by atoms with Crippen LogP contribution in [0.2, 0.25) is 5.02 Å². The summed E-state index contributed by atoms with van der Waals surface area (Å²) >= 11 is 6.07. The number of allylic oxidation sites excluding steroid dienone is 1. The molecule has 1 aliphatic heterocycles. The van der Waals surface area contributed by atoms with Crippen LogP contribution < -0.4 is 5.32 Å². The summed E-state index contributed by atoms with van der Waals surface area (Å²) in [7, 11) is 0. The molecule has 0 bridgehead atoms. The largest absolute Gasteiger partial charge is 0.307 e. The monoisotopic (exact) mass is 306 g/mol. The molecule has 1 atom stereocenters. The van der Waals surface area contributed by atoms with Crippen molar-refractivity contribution in [2.24, 2.45) is 0 Å². The minimum atomic E-state index is 0.359. The van der Waals surface area contributed by atoms with Crippen LogP contribution in [0.1, 0.15) is 45.2 Å². The lowest BCUT2D eigenvalue weighted by molar-refractivity contribution is 0.208. The molecule has 116 valence electrons. The van der Waals surface area contributed by atoms with Gasteiger partial charge in [-0.3, -0.25) is 4.90 Å². The zero-order valence-corrected chi connectivity index (χ0v) is 14.2. The third-order valence-electron chi connectivity index (χ3n) is 4.18. The first kappa shape index (κ1) is 16.5. The van der Waals surface area contributed by atoms with Crippen LogP contribution in [0.15, 0.2) is 35.9 Å². The van der Waals surface area contributed by atoms with Crippen molar-refractivity contribution in [2.45, 2.75) is 45.7 Å². The van der Waals surface area contributed by atoms with Gasteiger partial charge in [0.15, 0.2) is 0 Å². The van der Waals surface area contributed by atoms with E-state index >= 15 is 0 Å². The van der Waals surface area contributed by atoms with Crippen LogP contribution in [0.3, 0.4) is 0 Å². The number of piperidine rings is 1. The fraction of sp³-hybridized carbons (Fsp3) is 0.556. The number of benzene rings is 1. The minimum Gasteiger partial charge on any atom is -0.307 e. The second kappa shape index (κ2) is 7.98. The molecule has 1 aliphatic rings. The van der Waals surface area contributed by atoms with E-state index in [9.17, 15) is 0 Å². The average Bonchev–Trinajstić information content (AvgIpc) is 2.46. The van der Waals surface area contributed by atoms with E-state index in [0.29, 0.717) is 12.1 Å². The van der Waals surface area contributed by atoms with Gasteiger partial charge in [0, 0.05) is 23.7 Å². The van der Waals surface area contributed by atoms with E-state index in [0.717, 1.165) is 11.6 Å². The normalized spacial score (nSPS) is 18.5. The van der Waals surface area contributed by atoms with Crippen LogP contribution in [0.4, 0.5) is 0 Å². The van der Waals surface area contributed by atoms with Crippen molar-refractivity contribution in [1.29, 1.82) is 0 Å². The molecule has 0 aliphatic carbocycles. The number of hydrogen-bond acceptors (Lipinski definition) is 2. The van der Waals surface area contributed by atoms with Crippen LogP contribution >= 0.6 is 11.6 Å². The van der Waals surface area contributed by atoms with Gasteiger partial charge in [0.05, 0.1) is 0 Å². The zero-order valence-electron chi connectivity index (χ0n) is 13.4. The second-order valence-corrected chi connectivity index (χ2v) is 6.74. The second-order valence-electron chi connectivity index (χ2n) is 6.30. The quantitative estimate of drug-likeness (QED) is 0.810. The summed E-state index contributed by atoms with van der Waals surface area (Å²) in [4.78, 5) is 2.54. The number of nitrogens with zero attached hydrogens (tertiary/aromatic N) is 1. The first-order valence-electron chi connectivity index (χ1n) is 7.92. The Bertz CT molecular complexity index is 472. The first-order chi connectivity index (χ1) is 10.0. The Balaban J connectivity index is 1.79. The van der Waals surface area contributed by atoms with E-state index < -0.39 is 0 Å². The number of rotatable bonds is 5. The predicted octanol–water partition coefficient (Wildman–Crippen LogP) is 4.42. The van der Waals surface area contributed by atoms with Crippen molar-refractivity contribution in [1.82, 2.24) is 10.2 Å². The Hall–Kier alpha value is -0.830. The van der Waals surface area contributed by atoms with Gasteiger partial charge < -0.3 is 5.32 Å². The van der Waals surface area contributed by atoms with Crippen molar-refractivity contribution in [3.63, 3.8) is 0 Å². The molecule has 1 aromatic rings.